The van der Waals surface area contributed by atoms with Gasteiger partial charge in [-0.1, -0.05) is 31.2 Å². The van der Waals surface area contributed by atoms with Gasteiger partial charge in [0.05, 0.1) is 0 Å². The first-order valence-electron chi connectivity index (χ1n) is 8.02. The summed E-state index contributed by atoms with van der Waals surface area (Å²) in [5.74, 6) is 0.662. The zero-order valence-electron chi connectivity index (χ0n) is 14.6. The SMILES string of the molecule is CCC(Oc1cc(C)ccc1C)C(=O)Nc1cc(C)ccc1C. The van der Waals surface area contributed by atoms with E-state index in [1.165, 1.54) is 0 Å². The van der Waals surface area contributed by atoms with Gasteiger partial charge in [-0.05, 0) is 68.5 Å². The summed E-state index contributed by atoms with van der Waals surface area (Å²) in [5.41, 5.74) is 5.17. The van der Waals surface area contributed by atoms with Crippen LogP contribution in [0.4, 0.5) is 5.69 Å². The number of carbonyl (C=O) groups is 1. The third kappa shape index (κ3) is 4.35. The first-order valence-corrected chi connectivity index (χ1v) is 8.02. The first kappa shape index (κ1) is 17.1. The molecule has 0 aliphatic rings. The average molecular weight is 311 g/mol. The molecule has 0 aromatic heterocycles. The Morgan fingerprint density at radius 3 is 2.26 bits per heavy atom. The molecule has 23 heavy (non-hydrogen) atoms. The van der Waals surface area contributed by atoms with Gasteiger partial charge in [-0.25, -0.2) is 0 Å². The van der Waals surface area contributed by atoms with Crippen molar-refractivity contribution in [2.75, 3.05) is 5.32 Å². The second kappa shape index (κ2) is 7.32. The molecule has 0 fully saturated rings. The highest BCUT2D eigenvalue weighted by Crippen LogP contribution is 2.22. The van der Waals surface area contributed by atoms with Gasteiger partial charge >= 0.3 is 0 Å². The number of hydrogen-bond acceptors (Lipinski definition) is 2. The Bertz CT molecular complexity index is 707. The minimum Gasteiger partial charge on any atom is -0.480 e. The summed E-state index contributed by atoms with van der Waals surface area (Å²) in [5, 5.41) is 2.99. The van der Waals surface area contributed by atoms with Gasteiger partial charge in [0.15, 0.2) is 6.10 Å². The molecule has 2 aromatic rings. The van der Waals surface area contributed by atoms with Gasteiger partial charge in [-0.3, -0.25) is 4.79 Å². The molecule has 0 bridgehead atoms. The summed E-state index contributed by atoms with van der Waals surface area (Å²) in [6, 6.07) is 12.1. The molecule has 0 saturated carbocycles. The van der Waals surface area contributed by atoms with Crippen LogP contribution in [0, 0.1) is 27.7 Å². The molecular formula is C20H25NO2. The van der Waals surface area contributed by atoms with Crippen molar-refractivity contribution in [1.29, 1.82) is 0 Å². The summed E-state index contributed by atoms with van der Waals surface area (Å²) in [6.07, 6.45) is 0.111. The number of ether oxygens (including phenoxy) is 1. The molecule has 1 atom stereocenters. The van der Waals surface area contributed by atoms with Crippen molar-refractivity contribution in [1.82, 2.24) is 0 Å². The number of benzene rings is 2. The van der Waals surface area contributed by atoms with E-state index in [0.717, 1.165) is 33.7 Å². The van der Waals surface area contributed by atoms with Gasteiger partial charge < -0.3 is 10.1 Å². The van der Waals surface area contributed by atoms with Crippen LogP contribution in [0.25, 0.3) is 0 Å². The molecule has 1 amide bonds. The van der Waals surface area contributed by atoms with Crippen LogP contribution in [-0.4, -0.2) is 12.0 Å². The Morgan fingerprint density at radius 1 is 1.00 bits per heavy atom. The minimum absolute atomic E-state index is 0.109. The Labute approximate surface area is 138 Å². The largest absolute Gasteiger partial charge is 0.480 e. The maximum absolute atomic E-state index is 12.6. The van der Waals surface area contributed by atoms with Crippen molar-refractivity contribution in [3.05, 3.63) is 58.7 Å². The quantitative estimate of drug-likeness (QED) is 0.868. The number of hydrogen-bond donors (Lipinski definition) is 1. The van der Waals surface area contributed by atoms with E-state index in [4.69, 9.17) is 4.74 Å². The van der Waals surface area contributed by atoms with Gasteiger partial charge in [-0.2, -0.15) is 0 Å². The fourth-order valence-electron chi connectivity index (χ4n) is 2.39. The second-order valence-corrected chi connectivity index (χ2v) is 6.09. The van der Waals surface area contributed by atoms with E-state index >= 15 is 0 Å². The summed E-state index contributed by atoms with van der Waals surface area (Å²) in [7, 11) is 0. The van der Waals surface area contributed by atoms with Crippen LogP contribution in [0.15, 0.2) is 36.4 Å². The lowest BCUT2D eigenvalue weighted by Crippen LogP contribution is -2.32. The second-order valence-electron chi connectivity index (χ2n) is 6.09. The summed E-state index contributed by atoms with van der Waals surface area (Å²) in [4.78, 5) is 12.6. The molecule has 0 heterocycles. The Hall–Kier alpha value is -2.29. The zero-order chi connectivity index (χ0) is 17.0. The molecule has 122 valence electrons. The lowest BCUT2D eigenvalue weighted by molar-refractivity contribution is -0.122. The van der Waals surface area contributed by atoms with E-state index in [9.17, 15) is 4.79 Å². The highest BCUT2D eigenvalue weighted by Gasteiger charge is 2.20. The van der Waals surface area contributed by atoms with Crippen LogP contribution in [-0.2, 0) is 4.79 Å². The van der Waals surface area contributed by atoms with Crippen LogP contribution in [0.3, 0.4) is 0 Å². The lowest BCUT2D eigenvalue weighted by Gasteiger charge is -2.20. The van der Waals surface area contributed by atoms with Crippen molar-refractivity contribution < 1.29 is 9.53 Å². The van der Waals surface area contributed by atoms with Crippen LogP contribution in [0.1, 0.15) is 35.6 Å². The lowest BCUT2D eigenvalue weighted by atomic mass is 10.1. The number of carbonyl (C=O) groups excluding carboxylic acids is 1. The number of amides is 1. The standard InChI is InChI=1S/C20H25NO2/c1-6-18(23-19-12-14(3)8-10-16(19)5)20(22)21-17-11-13(2)7-9-15(17)4/h7-12,18H,6H2,1-5H3,(H,21,22). The smallest absolute Gasteiger partial charge is 0.265 e. The van der Waals surface area contributed by atoms with Crippen molar-refractivity contribution in [3.8, 4) is 5.75 Å². The molecule has 0 aliphatic carbocycles. The van der Waals surface area contributed by atoms with Gasteiger partial charge in [0.25, 0.3) is 5.91 Å². The van der Waals surface area contributed by atoms with E-state index in [0.29, 0.717) is 6.42 Å². The predicted molar refractivity (Wildman–Crippen MR) is 95.2 cm³/mol. The first-order chi connectivity index (χ1) is 10.9. The van der Waals surface area contributed by atoms with Gasteiger partial charge in [0.1, 0.15) is 5.75 Å². The Morgan fingerprint density at radius 2 is 1.61 bits per heavy atom. The van der Waals surface area contributed by atoms with Crippen molar-refractivity contribution >= 4 is 11.6 Å². The van der Waals surface area contributed by atoms with Crippen LogP contribution < -0.4 is 10.1 Å². The molecule has 0 saturated heterocycles. The molecule has 2 aromatic carbocycles. The predicted octanol–water partition coefficient (Wildman–Crippen LogP) is 4.72. The molecule has 0 spiro atoms. The molecule has 3 heteroatoms. The third-order valence-electron chi connectivity index (χ3n) is 3.93. The topological polar surface area (TPSA) is 38.3 Å². The van der Waals surface area contributed by atoms with Crippen molar-refractivity contribution in [2.24, 2.45) is 0 Å². The molecule has 3 nitrogen and oxygen atoms in total. The minimum atomic E-state index is -0.504. The van der Waals surface area contributed by atoms with E-state index in [1.54, 1.807) is 0 Å². The highest BCUT2D eigenvalue weighted by atomic mass is 16.5. The maximum atomic E-state index is 12.6. The fourth-order valence-corrected chi connectivity index (χ4v) is 2.39. The summed E-state index contributed by atoms with van der Waals surface area (Å²) in [6.45, 7) is 9.96. The van der Waals surface area contributed by atoms with Gasteiger partial charge in [0, 0.05) is 5.69 Å². The van der Waals surface area contributed by atoms with E-state index in [2.05, 4.69) is 5.32 Å². The number of anilines is 1. The van der Waals surface area contributed by atoms with Crippen LogP contribution in [0.5, 0.6) is 5.75 Å². The molecule has 0 aliphatic heterocycles. The maximum Gasteiger partial charge on any atom is 0.265 e. The van der Waals surface area contributed by atoms with Gasteiger partial charge in [0.2, 0.25) is 0 Å². The van der Waals surface area contributed by atoms with Crippen molar-refractivity contribution in [2.45, 2.75) is 47.1 Å². The van der Waals surface area contributed by atoms with E-state index < -0.39 is 6.10 Å². The number of aryl methyl sites for hydroxylation is 4. The molecule has 0 radical (unpaired) electrons. The zero-order valence-corrected chi connectivity index (χ0v) is 14.6. The molecular weight excluding hydrogens is 286 g/mol. The van der Waals surface area contributed by atoms with Crippen LogP contribution >= 0.6 is 0 Å². The van der Waals surface area contributed by atoms with Gasteiger partial charge in [-0.15, -0.1) is 0 Å². The van der Waals surface area contributed by atoms with E-state index in [1.807, 2.05) is 71.0 Å². The average Bonchev–Trinajstić information content (AvgIpc) is 2.51. The normalized spacial score (nSPS) is 11.9. The fraction of sp³-hybridized carbons (Fsp3) is 0.350. The third-order valence-corrected chi connectivity index (χ3v) is 3.93. The molecule has 2 rings (SSSR count). The monoisotopic (exact) mass is 311 g/mol. The Balaban J connectivity index is 2.15. The number of nitrogens with one attached hydrogen (secondary N) is 1. The molecule has 1 N–H and O–H groups in total. The molecule has 1 unspecified atom stereocenters. The Kier molecular flexibility index (Phi) is 5.43. The van der Waals surface area contributed by atoms with Crippen molar-refractivity contribution in [3.63, 3.8) is 0 Å². The number of rotatable bonds is 5. The van der Waals surface area contributed by atoms with Crippen LogP contribution in [0.2, 0.25) is 0 Å². The summed E-state index contributed by atoms with van der Waals surface area (Å²) >= 11 is 0. The van der Waals surface area contributed by atoms with E-state index in [-0.39, 0.29) is 5.91 Å². The highest BCUT2D eigenvalue weighted by molar-refractivity contribution is 5.95. The summed E-state index contributed by atoms with van der Waals surface area (Å²) < 4.78 is 5.97.